The molecule has 9 nitrogen and oxygen atoms in total. The van der Waals surface area contributed by atoms with Crippen molar-refractivity contribution in [2.24, 2.45) is 0 Å². The van der Waals surface area contributed by atoms with Gasteiger partial charge in [0.25, 0.3) is 17.0 Å². The Morgan fingerprint density at radius 2 is 1.69 bits per heavy atom. The Kier molecular flexibility index (Phi) is 6.98. The SMILES string of the molecule is COc1ccc(NC(=O)C(OC(=O)Cn2[nH]c(=O)c3ccccc3c2=O)c2ccccc2)cc1Cl. The Balaban J connectivity index is 1.58. The smallest absolute Gasteiger partial charge is 0.328 e. The van der Waals surface area contributed by atoms with E-state index in [0.29, 0.717) is 17.0 Å². The monoisotopic (exact) mass is 493 g/mol. The zero-order valence-electron chi connectivity index (χ0n) is 18.5. The maximum Gasteiger partial charge on any atom is 0.328 e. The van der Waals surface area contributed by atoms with Crippen LogP contribution in [0, 0.1) is 0 Å². The van der Waals surface area contributed by atoms with Crippen molar-refractivity contribution in [3.8, 4) is 5.75 Å². The Labute approximate surface area is 203 Å². The average molecular weight is 494 g/mol. The fraction of sp³-hybridized carbons (Fsp3) is 0.120. The lowest BCUT2D eigenvalue weighted by Crippen LogP contribution is -2.34. The lowest BCUT2D eigenvalue weighted by Gasteiger charge is -2.19. The first-order valence-corrected chi connectivity index (χ1v) is 10.9. The number of anilines is 1. The Bertz CT molecular complexity index is 1510. The minimum atomic E-state index is -1.33. The summed E-state index contributed by atoms with van der Waals surface area (Å²) in [6, 6.07) is 19.3. The molecule has 35 heavy (non-hydrogen) atoms. The van der Waals surface area contributed by atoms with E-state index in [0.717, 1.165) is 4.68 Å². The van der Waals surface area contributed by atoms with E-state index in [1.807, 2.05) is 0 Å². The number of H-pyrrole nitrogens is 1. The predicted octanol–water partition coefficient (Wildman–Crippen LogP) is 3.28. The van der Waals surface area contributed by atoms with E-state index >= 15 is 0 Å². The summed E-state index contributed by atoms with van der Waals surface area (Å²) < 4.78 is 11.4. The molecule has 0 aliphatic heterocycles. The van der Waals surface area contributed by atoms with Crippen molar-refractivity contribution in [2.75, 3.05) is 12.4 Å². The number of nitrogens with one attached hydrogen (secondary N) is 2. The number of aromatic amines is 1. The first kappa shape index (κ1) is 23.8. The van der Waals surface area contributed by atoms with Crippen LogP contribution in [0.25, 0.3) is 10.8 Å². The highest BCUT2D eigenvalue weighted by molar-refractivity contribution is 6.32. The number of esters is 1. The van der Waals surface area contributed by atoms with Crippen LogP contribution in [0.5, 0.6) is 5.75 Å². The minimum Gasteiger partial charge on any atom is -0.495 e. The molecule has 1 amide bonds. The fourth-order valence-corrected chi connectivity index (χ4v) is 3.77. The van der Waals surface area contributed by atoms with Crippen LogP contribution >= 0.6 is 11.6 Å². The van der Waals surface area contributed by atoms with Gasteiger partial charge in [0.1, 0.15) is 12.3 Å². The maximum absolute atomic E-state index is 13.1. The molecule has 1 aromatic heterocycles. The molecule has 178 valence electrons. The van der Waals surface area contributed by atoms with Crippen molar-refractivity contribution in [1.29, 1.82) is 0 Å². The van der Waals surface area contributed by atoms with Gasteiger partial charge < -0.3 is 14.8 Å². The number of halogens is 1. The molecule has 1 heterocycles. The molecule has 0 bridgehead atoms. The second kappa shape index (κ2) is 10.3. The van der Waals surface area contributed by atoms with Crippen molar-refractivity contribution < 1.29 is 19.1 Å². The number of ether oxygens (including phenoxy) is 2. The van der Waals surface area contributed by atoms with Crippen molar-refractivity contribution in [2.45, 2.75) is 12.6 Å². The highest BCUT2D eigenvalue weighted by Crippen LogP contribution is 2.28. The number of amides is 1. The van der Waals surface area contributed by atoms with Gasteiger partial charge in [0.2, 0.25) is 6.10 Å². The molecule has 4 aromatic rings. The summed E-state index contributed by atoms with van der Waals surface area (Å²) in [6.45, 7) is -0.593. The Morgan fingerprint density at radius 1 is 1.00 bits per heavy atom. The molecule has 0 fully saturated rings. The lowest BCUT2D eigenvalue weighted by atomic mass is 10.1. The zero-order chi connectivity index (χ0) is 24.9. The first-order valence-electron chi connectivity index (χ1n) is 10.5. The average Bonchev–Trinajstić information content (AvgIpc) is 2.86. The van der Waals surface area contributed by atoms with E-state index in [9.17, 15) is 19.2 Å². The van der Waals surface area contributed by atoms with Crippen LogP contribution in [0.15, 0.2) is 82.4 Å². The topological polar surface area (TPSA) is 119 Å². The summed E-state index contributed by atoms with van der Waals surface area (Å²) in [4.78, 5) is 50.9. The molecule has 0 radical (unpaired) electrons. The number of rotatable bonds is 7. The van der Waals surface area contributed by atoms with E-state index in [1.54, 1.807) is 54.6 Å². The standard InChI is InChI=1S/C25H20ClN3O6/c1-34-20-12-11-16(13-19(20)26)27-24(32)22(15-7-3-2-4-8-15)35-21(30)14-29-25(33)18-10-6-5-9-17(18)23(31)28-29/h2-13,22H,14H2,1H3,(H,27,32)(H,28,31). The van der Waals surface area contributed by atoms with E-state index in [2.05, 4.69) is 10.4 Å². The van der Waals surface area contributed by atoms with Gasteiger partial charge >= 0.3 is 5.97 Å². The third-order valence-electron chi connectivity index (χ3n) is 5.18. The number of hydrogen-bond acceptors (Lipinski definition) is 6. The van der Waals surface area contributed by atoms with Crippen LogP contribution in [0.3, 0.4) is 0 Å². The molecular formula is C25H20ClN3O6. The molecule has 1 unspecified atom stereocenters. The molecule has 0 saturated heterocycles. The van der Waals surface area contributed by atoms with Crippen LogP contribution in [-0.2, 0) is 20.9 Å². The summed E-state index contributed by atoms with van der Waals surface area (Å²) >= 11 is 6.13. The number of fused-ring (bicyclic) bond motifs is 1. The number of nitrogens with zero attached hydrogens (tertiary/aromatic N) is 1. The second-order valence-electron chi connectivity index (χ2n) is 7.50. The summed E-state index contributed by atoms with van der Waals surface area (Å²) in [6.07, 6.45) is -1.33. The number of methoxy groups -OCH3 is 1. The highest BCUT2D eigenvalue weighted by atomic mass is 35.5. The van der Waals surface area contributed by atoms with Gasteiger partial charge in [-0.25, -0.2) is 4.68 Å². The molecule has 0 aliphatic rings. The van der Waals surface area contributed by atoms with Gasteiger partial charge in [-0.3, -0.25) is 24.3 Å². The molecule has 0 spiro atoms. The van der Waals surface area contributed by atoms with Crippen molar-refractivity contribution in [3.05, 3.63) is 104 Å². The van der Waals surface area contributed by atoms with Crippen LogP contribution < -0.4 is 21.2 Å². The molecule has 2 N–H and O–H groups in total. The Hall–Kier alpha value is -4.37. The third kappa shape index (κ3) is 5.25. The maximum atomic E-state index is 13.1. The fourth-order valence-electron chi connectivity index (χ4n) is 3.51. The summed E-state index contributed by atoms with van der Waals surface area (Å²) in [5, 5.41) is 5.70. The van der Waals surface area contributed by atoms with Gasteiger partial charge in [0, 0.05) is 11.3 Å². The number of hydrogen-bond donors (Lipinski definition) is 2. The van der Waals surface area contributed by atoms with Gasteiger partial charge in [-0.15, -0.1) is 0 Å². The third-order valence-corrected chi connectivity index (χ3v) is 5.48. The van der Waals surface area contributed by atoms with Gasteiger partial charge in [0.05, 0.1) is 22.9 Å². The number of carbonyl (C=O) groups excluding carboxylic acids is 2. The van der Waals surface area contributed by atoms with E-state index in [1.165, 1.54) is 25.3 Å². The zero-order valence-corrected chi connectivity index (χ0v) is 19.2. The quantitative estimate of drug-likeness (QED) is 0.381. The summed E-state index contributed by atoms with van der Waals surface area (Å²) in [5.41, 5.74) is -0.308. The number of carbonyl (C=O) groups is 2. The normalized spacial score (nSPS) is 11.6. The molecule has 3 aromatic carbocycles. The summed E-state index contributed by atoms with van der Waals surface area (Å²) in [5.74, 6) is -1.09. The molecular weight excluding hydrogens is 474 g/mol. The molecule has 0 aliphatic carbocycles. The second-order valence-corrected chi connectivity index (χ2v) is 7.90. The molecule has 1 atom stereocenters. The molecule has 0 saturated carbocycles. The van der Waals surface area contributed by atoms with Crippen LogP contribution in [-0.4, -0.2) is 28.8 Å². The van der Waals surface area contributed by atoms with Crippen LogP contribution in [0.2, 0.25) is 5.02 Å². The van der Waals surface area contributed by atoms with Crippen molar-refractivity contribution >= 4 is 39.9 Å². The van der Waals surface area contributed by atoms with Crippen LogP contribution in [0.1, 0.15) is 11.7 Å². The van der Waals surface area contributed by atoms with Crippen LogP contribution in [0.4, 0.5) is 5.69 Å². The van der Waals surface area contributed by atoms with E-state index in [-0.39, 0.29) is 15.8 Å². The highest BCUT2D eigenvalue weighted by Gasteiger charge is 2.26. The largest absolute Gasteiger partial charge is 0.495 e. The number of benzene rings is 3. The Morgan fingerprint density at radius 3 is 2.37 bits per heavy atom. The molecule has 10 heteroatoms. The van der Waals surface area contributed by atoms with Crippen molar-refractivity contribution in [3.63, 3.8) is 0 Å². The van der Waals surface area contributed by atoms with E-state index < -0.39 is 35.6 Å². The van der Waals surface area contributed by atoms with Crippen molar-refractivity contribution in [1.82, 2.24) is 9.78 Å². The van der Waals surface area contributed by atoms with Gasteiger partial charge in [-0.05, 0) is 30.3 Å². The number of aromatic nitrogens is 2. The summed E-state index contributed by atoms with van der Waals surface area (Å²) in [7, 11) is 1.47. The van der Waals surface area contributed by atoms with Gasteiger partial charge in [0.15, 0.2) is 0 Å². The first-order chi connectivity index (χ1) is 16.9. The van der Waals surface area contributed by atoms with E-state index in [4.69, 9.17) is 21.1 Å². The lowest BCUT2D eigenvalue weighted by molar-refractivity contribution is -0.155. The van der Waals surface area contributed by atoms with Gasteiger partial charge in [-0.1, -0.05) is 54.1 Å². The molecule has 4 rings (SSSR count). The minimum absolute atomic E-state index is 0.165. The predicted molar refractivity (Wildman–Crippen MR) is 131 cm³/mol. The van der Waals surface area contributed by atoms with Gasteiger partial charge in [-0.2, -0.15) is 0 Å².